The molecule has 0 saturated heterocycles. The lowest BCUT2D eigenvalue weighted by Gasteiger charge is -2.08. The summed E-state index contributed by atoms with van der Waals surface area (Å²) in [4.78, 5) is 10.6. The van der Waals surface area contributed by atoms with Crippen molar-refractivity contribution in [2.24, 2.45) is 0 Å². The minimum Gasteiger partial charge on any atom is -0.384 e. The van der Waals surface area contributed by atoms with Crippen LogP contribution in [-0.4, -0.2) is 23.2 Å². The summed E-state index contributed by atoms with van der Waals surface area (Å²) in [6.07, 6.45) is -0.896. The first-order chi connectivity index (χ1) is 4.04. The SMILES string of the molecule is CC(C)NC(=O)[C@@H](C)O. The van der Waals surface area contributed by atoms with Crippen LogP contribution in [0.15, 0.2) is 0 Å². The summed E-state index contributed by atoms with van der Waals surface area (Å²) in [5.74, 6) is -0.315. The number of carbonyl (C=O) groups is 1. The number of rotatable bonds is 2. The number of aliphatic hydroxyl groups is 1. The molecule has 0 aliphatic heterocycles. The van der Waals surface area contributed by atoms with Gasteiger partial charge in [-0.25, -0.2) is 0 Å². The van der Waals surface area contributed by atoms with Crippen molar-refractivity contribution in [2.75, 3.05) is 0 Å². The van der Waals surface area contributed by atoms with Crippen LogP contribution in [0.1, 0.15) is 20.8 Å². The Hall–Kier alpha value is -0.570. The Morgan fingerprint density at radius 3 is 2.00 bits per heavy atom. The van der Waals surface area contributed by atoms with E-state index in [-0.39, 0.29) is 11.9 Å². The molecule has 0 aromatic heterocycles. The van der Waals surface area contributed by atoms with Crippen LogP contribution in [0.25, 0.3) is 0 Å². The van der Waals surface area contributed by atoms with Crippen molar-refractivity contribution in [3.05, 3.63) is 0 Å². The van der Waals surface area contributed by atoms with Gasteiger partial charge in [-0.3, -0.25) is 4.79 Å². The van der Waals surface area contributed by atoms with Gasteiger partial charge in [0.05, 0.1) is 0 Å². The molecule has 1 atom stereocenters. The van der Waals surface area contributed by atoms with Crippen molar-refractivity contribution in [2.45, 2.75) is 32.9 Å². The van der Waals surface area contributed by atoms with E-state index in [4.69, 9.17) is 5.11 Å². The summed E-state index contributed by atoms with van der Waals surface area (Å²) in [7, 11) is 0. The van der Waals surface area contributed by atoms with Crippen molar-refractivity contribution in [1.29, 1.82) is 0 Å². The van der Waals surface area contributed by atoms with Gasteiger partial charge in [0, 0.05) is 6.04 Å². The van der Waals surface area contributed by atoms with Crippen molar-refractivity contribution in [1.82, 2.24) is 5.32 Å². The first kappa shape index (κ1) is 8.43. The van der Waals surface area contributed by atoms with Crippen LogP contribution < -0.4 is 5.32 Å². The van der Waals surface area contributed by atoms with Crippen LogP contribution in [-0.2, 0) is 4.79 Å². The summed E-state index contributed by atoms with van der Waals surface area (Å²) < 4.78 is 0. The topological polar surface area (TPSA) is 49.3 Å². The number of carbonyl (C=O) groups excluding carboxylic acids is 1. The second-order valence-electron chi connectivity index (χ2n) is 2.34. The normalized spacial score (nSPS) is 13.4. The van der Waals surface area contributed by atoms with Gasteiger partial charge in [-0.05, 0) is 20.8 Å². The van der Waals surface area contributed by atoms with E-state index in [0.717, 1.165) is 0 Å². The average Bonchev–Trinajstić information content (AvgIpc) is 1.63. The maximum Gasteiger partial charge on any atom is 0.248 e. The van der Waals surface area contributed by atoms with Gasteiger partial charge in [-0.2, -0.15) is 0 Å². The molecule has 0 aliphatic carbocycles. The van der Waals surface area contributed by atoms with Crippen molar-refractivity contribution in [3.63, 3.8) is 0 Å². The van der Waals surface area contributed by atoms with E-state index in [9.17, 15) is 4.79 Å². The molecule has 1 amide bonds. The zero-order chi connectivity index (χ0) is 7.44. The van der Waals surface area contributed by atoms with E-state index in [1.54, 1.807) is 0 Å². The third-order valence-corrected chi connectivity index (χ3v) is 0.810. The number of hydrogen-bond donors (Lipinski definition) is 2. The Morgan fingerprint density at radius 1 is 1.44 bits per heavy atom. The summed E-state index contributed by atoms with van der Waals surface area (Å²) in [5, 5.41) is 11.2. The van der Waals surface area contributed by atoms with E-state index in [0.29, 0.717) is 0 Å². The second kappa shape index (κ2) is 3.45. The number of aliphatic hydroxyl groups excluding tert-OH is 1. The fraction of sp³-hybridized carbons (Fsp3) is 0.833. The van der Waals surface area contributed by atoms with Gasteiger partial charge in [0.25, 0.3) is 0 Å². The second-order valence-corrected chi connectivity index (χ2v) is 2.34. The molecule has 0 aromatic rings. The van der Waals surface area contributed by atoms with E-state index in [1.807, 2.05) is 13.8 Å². The molecule has 0 heterocycles. The quantitative estimate of drug-likeness (QED) is 0.549. The molecule has 0 aliphatic rings. The Kier molecular flexibility index (Phi) is 3.24. The zero-order valence-electron chi connectivity index (χ0n) is 6.01. The van der Waals surface area contributed by atoms with Crippen LogP contribution in [0.5, 0.6) is 0 Å². The fourth-order valence-corrected chi connectivity index (χ4v) is 0.405. The maximum atomic E-state index is 10.6. The molecular formula is C6H13NO2. The summed E-state index contributed by atoms with van der Waals surface area (Å²) in [5.41, 5.74) is 0. The van der Waals surface area contributed by atoms with Crippen LogP contribution in [0.4, 0.5) is 0 Å². The van der Waals surface area contributed by atoms with E-state index >= 15 is 0 Å². The van der Waals surface area contributed by atoms with Gasteiger partial charge in [-0.15, -0.1) is 0 Å². The Bertz CT molecular complexity index is 99.2. The molecule has 3 heteroatoms. The average molecular weight is 131 g/mol. The van der Waals surface area contributed by atoms with Gasteiger partial charge in [-0.1, -0.05) is 0 Å². The summed E-state index contributed by atoms with van der Waals surface area (Å²) >= 11 is 0. The van der Waals surface area contributed by atoms with E-state index < -0.39 is 6.10 Å². The lowest BCUT2D eigenvalue weighted by atomic mass is 10.3. The summed E-state index contributed by atoms with van der Waals surface area (Å²) in [6.45, 7) is 5.14. The molecule has 0 rings (SSSR count). The van der Waals surface area contributed by atoms with E-state index in [1.165, 1.54) is 6.92 Å². The first-order valence-electron chi connectivity index (χ1n) is 3.02. The molecular weight excluding hydrogens is 118 g/mol. The highest BCUT2D eigenvalue weighted by atomic mass is 16.3. The lowest BCUT2D eigenvalue weighted by Crippen LogP contribution is -2.37. The smallest absolute Gasteiger partial charge is 0.248 e. The Labute approximate surface area is 55.1 Å². The van der Waals surface area contributed by atoms with Crippen molar-refractivity contribution >= 4 is 5.91 Å². The first-order valence-corrected chi connectivity index (χ1v) is 3.02. The fourth-order valence-electron chi connectivity index (χ4n) is 0.405. The van der Waals surface area contributed by atoms with E-state index in [2.05, 4.69) is 5.32 Å². The standard InChI is InChI=1S/C6H13NO2/c1-4(2)7-6(9)5(3)8/h4-5,8H,1-3H3,(H,7,9)/t5-/m1/s1. The molecule has 54 valence electrons. The monoisotopic (exact) mass is 131 g/mol. The summed E-state index contributed by atoms with van der Waals surface area (Å²) in [6, 6.07) is 0.104. The van der Waals surface area contributed by atoms with Gasteiger partial charge < -0.3 is 10.4 Å². The third kappa shape index (κ3) is 3.97. The van der Waals surface area contributed by atoms with Crippen LogP contribution in [0.3, 0.4) is 0 Å². The molecule has 0 spiro atoms. The van der Waals surface area contributed by atoms with Crippen molar-refractivity contribution in [3.8, 4) is 0 Å². The maximum absolute atomic E-state index is 10.6. The van der Waals surface area contributed by atoms with Gasteiger partial charge in [0.2, 0.25) is 5.91 Å². The van der Waals surface area contributed by atoms with Crippen LogP contribution >= 0.6 is 0 Å². The minimum absolute atomic E-state index is 0.104. The number of amides is 1. The highest BCUT2D eigenvalue weighted by molar-refractivity contribution is 5.80. The Balaban J connectivity index is 3.51. The van der Waals surface area contributed by atoms with Gasteiger partial charge >= 0.3 is 0 Å². The molecule has 2 N–H and O–H groups in total. The molecule has 0 bridgehead atoms. The van der Waals surface area contributed by atoms with Gasteiger partial charge in [0.1, 0.15) is 6.10 Å². The zero-order valence-corrected chi connectivity index (χ0v) is 6.01. The van der Waals surface area contributed by atoms with Gasteiger partial charge in [0.15, 0.2) is 0 Å². The largest absolute Gasteiger partial charge is 0.384 e. The molecule has 0 unspecified atom stereocenters. The molecule has 3 nitrogen and oxygen atoms in total. The molecule has 9 heavy (non-hydrogen) atoms. The molecule has 0 fully saturated rings. The predicted molar refractivity (Wildman–Crippen MR) is 35.0 cm³/mol. The van der Waals surface area contributed by atoms with Crippen LogP contribution in [0.2, 0.25) is 0 Å². The van der Waals surface area contributed by atoms with Crippen molar-refractivity contribution < 1.29 is 9.90 Å². The number of hydrogen-bond acceptors (Lipinski definition) is 2. The predicted octanol–water partition coefficient (Wildman–Crippen LogP) is -0.108. The molecule has 0 saturated carbocycles. The number of nitrogens with one attached hydrogen (secondary N) is 1. The Morgan fingerprint density at radius 2 is 1.89 bits per heavy atom. The third-order valence-electron chi connectivity index (χ3n) is 0.810. The highest BCUT2D eigenvalue weighted by Gasteiger charge is 2.07. The highest BCUT2D eigenvalue weighted by Crippen LogP contribution is 1.82. The minimum atomic E-state index is -0.896. The van der Waals surface area contributed by atoms with Crippen LogP contribution in [0, 0.1) is 0 Å². The lowest BCUT2D eigenvalue weighted by molar-refractivity contribution is -0.128. The molecule has 0 radical (unpaired) electrons. The molecule has 0 aromatic carbocycles.